The van der Waals surface area contributed by atoms with E-state index in [2.05, 4.69) is 48.9 Å². The number of hydrogen-bond acceptors (Lipinski definition) is 9. The number of hydrazine groups is 1. The number of aromatic nitrogens is 2. The van der Waals surface area contributed by atoms with Gasteiger partial charge in [0.15, 0.2) is 5.76 Å². The zero-order valence-electron chi connectivity index (χ0n) is 26.4. The Morgan fingerprint density at radius 3 is 2.38 bits per heavy atom. The lowest BCUT2D eigenvalue weighted by atomic mass is 10.1. The second-order valence-corrected chi connectivity index (χ2v) is 12.1. The summed E-state index contributed by atoms with van der Waals surface area (Å²) < 4.78 is 6.05. The summed E-state index contributed by atoms with van der Waals surface area (Å²) in [5.41, 5.74) is 8.38. The van der Waals surface area contributed by atoms with Crippen LogP contribution in [0.2, 0.25) is 0 Å². The van der Waals surface area contributed by atoms with Crippen molar-refractivity contribution in [2.45, 2.75) is 32.7 Å². The molecule has 3 amide bonds. The van der Waals surface area contributed by atoms with Crippen molar-refractivity contribution < 1.29 is 24.0 Å². The second-order valence-electron chi connectivity index (χ2n) is 11.3. The molecule has 2 saturated heterocycles. The van der Waals surface area contributed by atoms with Crippen LogP contribution in [0.5, 0.6) is 5.75 Å². The van der Waals surface area contributed by atoms with Gasteiger partial charge >= 0.3 is 0 Å². The van der Waals surface area contributed by atoms with Crippen molar-refractivity contribution in [2.24, 2.45) is 5.73 Å². The number of fused-ring (bicyclic) bond motifs is 2. The van der Waals surface area contributed by atoms with Crippen molar-refractivity contribution >= 4 is 45.1 Å². The number of pyridine rings is 1. The van der Waals surface area contributed by atoms with Gasteiger partial charge in [0.1, 0.15) is 23.1 Å². The summed E-state index contributed by atoms with van der Waals surface area (Å²) in [6.07, 6.45) is 1.71. The van der Waals surface area contributed by atoms with Crippen LogP contribution in [0.3, 0.4) is 0 Å². The molecule has 2 aliphatic heterocycles. The summed E-state index contributed by atoms with van der Waals surface area (Å²) in [5.74, 6) is 0.849. The Morgan fingerprint density at radius 1 is 0.938 bits per heavy atom. The number of piperazine rings is 1. The topological polar surface area (TPSA) is 149 Å². The Morgan fingerprint density at radius 2 is 1.69 bits per heavy atom. The number of benzene rings is 3. The monoisotopic (exact) mass is 713 g/mol. The van der Waals surface area contributed by atoms with Gasteiger partial charge in [0.25, 0.3) is 0 Å². The number of primary amides is 1. The molecule has 4 heterocycles. The Bertz CT molecular complexity index is 1810. The van der Waals surface area contributed by atoms with Gasteiger partial charge in [-0.2, -0.15) is 0 Å². The molecule has 0 bridgehead atoms. The maximum absolute atomic E-state index is 13.2. The highest BCUT2D eigenvalue weighted by Gasteiger charge is 2.44. The van der Waals surface area contributed by atoms with E-state index in [1.54, 1.807) is 23.2 Å². The summed E-state index contributed by atoms with van der Waals surface area (Å²) in [7, 11) is 0. The van der Waals surface area contributed by atoms with Gasteiger partial charge in [-0.3, -0.25) is 19.4 Å². The number of rotatable bonds is 6. The van der Waals surface area contributed by atoms with Gasteiger partial charge in [-0.1, -0.05) is 71.4 Å². The number of hydrogen-bond donors (Lipinski definition) is 2. The first-order chi connectivity index (χ1) is 23.2. The van der Waals surface area contributed by atoms with Gasteiger partial charge in [0.2, 0.25) is 18.2 Å². The van der Waals surface area contributed by atoms with Crippen molar-refractivity contribution in [2.75, 3.05) is 19.6 Å². The standard InChI is InChI=1S/C27H25BrN6O3.C7H8O.CH3NO/c28-24-12-21(37-30-24)15-32-17-27(36)33-18-26(35)31(14-20-8-4-10-23-22(20)9-5-11-29-23)16-25(33)34(32)13-19-6-2-1-3-7-19;1-6-2-4-7(8)5-3-6;2-1-3/h1-12,25H,13-18H2;2-5,8H,1H3;1H,(H2,2,3). The highest BCUT2D eigenvalue weighted by molar-refractivity contribution is 9.10. The predicted octanol–water partition coefficient (Wildman–Crippen LogP) is 4.22. The first kappa shape index (κ1) is 34.2. The summed E-state index contributed by atoms with van der Waals surface area (Å²) in [6, 6.07) is 28.9. The number of amides is 3. The number of carbonyl (C=O) groups excluding carboxylic acids is 3. The fourth-order valence-electron chi connectivity index (χ4n) is 5.66. The number of carbonyl (C=O) groups is 3. The van der Waals surface area contributed by atoms with Gasteiger partial charge < -0.3 is 25.2 Å². The molecule has 2 aliphatic rings. The van der Waals surface area contributed by atoms with Crippen molar-refractivity contribution in [3.63, 3.8) is 0 Å². The molecular formula is C35H36BrN7O5. The molecule has 2 fully saturated rings. The van der Waals surface area contributed by atoms with E-state index in [-0.39, 0.29) is 37.5 Å². The molecule has 13 heteroatoms. The maximum Gasteiger partial charge on any atom is 0.242 e. The minimum absolute atomic E-state index is 0.0551. The summed E-state index contributed by atoms with van der Waals surface area (Å²) in [5, 5.41) is 17.9. The molecule has 0 saturated carbocycles. The van der Waals surface area contributed by atoms with Gasteiger partial charge in [0.05, 0.1) is 25.2 Å². The zero-order chi connectivity index (χ0) is 34.0. The quantitative estimate of drug-likeness (QED) is 0.247. The lowest BCUT2D eigenvalue weighted by Gasteiger charge is -2.52. The minimum Gasteiger partial charge on any atom is -0.508 e. The predicted molar refractivity (Wildman–Crippen MR) is 182 cm³/mol. The van der Waals surface area contributed by atoms with Crippen molar-refractivity contribution in [1.29, 1.82) is 0 Å². The highest BCUT2D eigenvalue weighted by Crippen LogP contribution is 2.28. The van der Waals surface area contributed by atoms with Crippen LogP contribution in [-0.2, 0) is 34.0 Å². The molecule has 0 radical (unpaired) electrons. The molecule has 2 aromatic heterocycles. The first-order valence-electron chi connectivity index (χ1n) is 15.2. The Hall–Kier alpha value is -5.11. The van der Waals surface area contributed by atoms with Crippen LogP contribution in [0, 0.1) is 6.92 Å². The van der Waals surface area contributed by atoms with Gasteiger partial charge in [-0.15, -0.1) is 0 Å². The number of phenolic OH excluding ortho intramolecular Hbond substituents is 1. The molecular weight excluding hydrogens is 678 g/mol. The molecule has 0 spiro atoms. The smallest absolute Gasteiger partial charge is 0.242 e. The van der Waals surface area contributed by atoms with Gasteiger partial charge in [-0.05, 0) is 58.2 Å². The van der Waals surface area contributed by atoms with Gasteiger partial charge in [0, 0.05) is 30.7 Å². The Labute approximate surface area is 286 Å². The molecule has 0 aliphatic carbocycles. The molecule has 48 heavy (non-hydrogen) atoms. The number of halogens is 1. The number of nitrogens with zero attached hydrogens (tertiary/aromatic N) is 6. The number of nitrogens with two attached hydrogens (primary N) is 1. The van der Waals surface area contributed by atoms with Crippen LogP contribution in [0.15, 0.2) is 106 Å². The first-order valence-corrected chi connectivity index (χ1v) is 16.0. The molecule has 248 valence electrons. The third kappa shape index (κ3) is 8.62. The third-order valence-corrected chi connectivity index (χ3v) is 8.31. The lowest BCUT2D eigenvalue weighted by Crippen LogP contribution is -2.71. The van der Waals surface area contributed by atoms with E-state index in [4.69, 9.17) is 14.4 Å². The van der Waals surface area contributed by atoms with Crippen LogP contribution >= 0.6 is 15.9 Å². The van der Waals surface area contributed by atoms with Crippen LogP contribution < -0.4 is 5.73 Å². The lowest BCUT2D eigenvalue weighted by molar-refractivity contribution is -0.201. The Balaban J connectivity index is 0.000000352. The third-order valence-electron chi connectivity index (χ3n) is 7.93. The number of phenols is 1. The SMILES string of the molecule is Cc1ccc(O)cc1.NC=O.O=C1CN2C(=O)CN(Cc3cc(Br)no3)N(Cc3ccccc3)C2CN1Cc1cccc2ncccc12. The van der Waals surface area contributed by atoms with Crippen LogP contribution in [0.4, 0.5) is 0 Å². The molecule has 1 unspecified atom stereocenters. The fraction of sp³-hybridized carbons (Fsp3) is 0.229. The molecule has 5 aromatic rings. The molecule has 7 rings (SSSR count). The minimum atomic E-state index is -0.307. The van der Waals surface area contributed by atoms with Crippen molar-refractivity contribution in [3.05, 3.63) is 124 Å². The fourth-order valence-corrected chi connectivity index (χ4v) is 5.98. The van der Waals surface area contributed by atoms with E-state index < -0.39 is 0 Å². The van der Waals surface area contributed by atoms with E-state index in [1.807, 2.05) is 83.6 Å². The number of aromatic hydroxyl groups is 1. The summed E-state index contributed by atoms with van der Waals surface area (Å²) in [4.78, 5) is 43.1. The van der Waals surface area contributed by atoms with Crippen LogP contribution in [0.25, 0.3) is 10.9 Å². The highest BCUT2D eigenvalue weighted by atomic mass is 79.9. The molecule has 3 aromatic carbocycles. The van der Waals surface area contributed by atoms with Crippen LogP contribution in [-0.4, -0.2) is 79.1 Å². The Kier molecular flexibility index (Phi) is 11.5. The average Bonchev–Trinajstić information content (AvgIpc) is 3.50. The molecule has 1 atom stereocenters. The molecule has 12 nitrogen and oxygen atoms in total. The van der Waals surface area contributed by atoms with Crippen molar-refractivity contribution in [1.82, 2.24) is 30.0 Å². The van der Waals surface area contributed by atoms with E-state index >= 15 is 0 Å². The summed E-state index contributed by atoms with van der Waals surface area (Å²) >= 11 is 3.34. The summed E-state index contributed by atoms with van der Waals surface area (Å²) in [6.45, 7) is 4.03. The van der Waals surface area contributed by atoms with Crippen molar-refractivity contribution in [3.8, 4) is 5.75 Å². The van der Waals surface area contributed by atoms with E-state index in [0.717, 1.165) is 22.0 Å². The average molecular weight is 715 g/mol. The normalized spacial score (nSPS) is 16.4. The maximum atomic E-state index is 13.2. The van der Waals surface area contributed by atoms with Gasteiger partial charge in [-0.25, -0.2) is 10.0 Å². The zero-order valence-corrected chi connectivity index (χ0v) is 27.9. The molecule has 3 N–H and O–H groups in total. The largest absolute Gasteiger partial charge is 0.508 e. The van der Waals surface area contributed by atoms with E-state index in [9.17, 15) is 9.59 Å². The van der Waals surface area contributed by atoms with Crippen LogP contribution in [0.1, 0.15) is 22.5 Å². The van der Waals surface area contributed by atoms with E-state index in [1.165, 1.54) is 5.56 Å². The number of aryl methyl sites for hydroxylation is 1. The van der Waals surface area contributed by atoms with E-state index in [0.29, 0.717) is 42.3 Å². The second kappa shape index (κ2) is 16.1.